The number of nitrogens with zero attached hydrogens (tertiary/aromatic N) is 2. The molecule has 0 spiro atoms. The average molecular weight is 358 g/mol. The summed E-state index contributed by atoms with van der Waals surface area (Å²) in [5, 5.41) is 4.06. The Morgan fingerprint density at radius 3 is 2.85 bits per heavy atom. The van der Waals surface area contributed by atoms with Crippen molar-refractivity contribution in [2.45, 2.75) is 24.8 Å². The molecule has 2 aromatic rings. The van der Waals surface area contributed by atoms with Gasteiger partial charge in [-0.15, -0.1) is 0 Å². The highest BCUT2D eigenvalue weighted by Crippen LogP contribution is 2.19. The second kappa shape index (κ2) is 6.51. The van der Waals surface area contributed by atoms with Gasteiger partial charge in [-0.1, -0.05) is 15.9 Å². The zero-order valence-corrected chi connectivity index (χ0v) is 13.5. The summed E-state index contributed by atoms with van der Waals surface area (Å²) >= 11 is 3.36. The first-order valence-electron chi connectivity index (χ1n) is 6.22. The molecule has 0 aliphatic carbocycles. The molecular weight excluding hydrogens is 342 g/mol. The Balaban J connectivity index is 1.92. The number of sulfonamides is 1. The summed E-state index contributed by atoms with van der Waals surface area (Å²) in [4.78, 5) is 0.289. The van der Waals surface area contributed by atoms with Gasteiger partial charge in [0.15, 0.2) is 0 Å². The second-order valence-corrected chi connectivity index (χ2v) is 7.05. The summed E-state index contributed by atoms with van der Waals surface area (Å²) in [7, 11) is -3.44. The Kier molecular flexibility index (Phi) is 4.95. The van der Waals surface area contributed by atoms with Crippen LogP contribution in [0, 0.1) is 6.92 Å². The van der Waals surface area contributed by atoms with Crippen molar-refractivity contribution in [3.63, 3.8) is 0 Å². The number of benzene rings is 1. The lowest BCUT2D eigenvalue weighted by molar-refractivity contribution is 0.553. The Labute approximate surface area is 127 Å². The maximum absolute atomic E-state index is 12.1. The standard InChI is InChI=1S/C13H16BrN3O2S/c1-11-10-12(4-5-13(11)14)20(18,19)16-7-3-9-17-8-2-6-15-17/h2,4-6,8,10,16H,3,7,9H2,1H3. The lowest BCUT2D eigenvalue weighted by atomic mass is 10.2. The van der Waals surface area contributed by atoms with Crippen LogP contribution in [-0.4, -0.2) is 24.7 Å². The minimum atomic E-state index is -3.44. The summed E-state index contributed by atoms with van der Waals surface area (Å²) in [6.07, 6.45) is 4.25. The zero-order valence-electron chi connectivity index (χ0n) is 11.1. The van der Waals surface area contributed by atoms with Crippen LogP contribution < -0.4 is 4.72 Å². The molecule has 0 bridgehead atoms. The predicted molar refractivity (Wildman–Crippen MR) is 80.9 cm³/mol. The molecule has 1 aromatic carbocycles. The summed E-state index contributed by atoms with van der Waals surface area (Å²) in [5.41, 5.74) is 0.893. The van der Waals surface area contributed by atoms with E-state index in [1.807, 2.05) is 19.2 Å². The SMILES string of the molecule is Cc1cc(S(=O)(=O)NCCCn2cccn2)ccc1Br. The van der Waals surface area contributed by atoms with Crippen LogP contribution in [0.4, 0.5) is 0 Å². The van der Waals surface area contributed by atoms with Gasteiger partial charge in [0.05, 0.1) is 4.90 Å². The highest BCUT2D eigenvalue weighted by atomic mass is 79.9. The summed E-state index contributed by atoms with van der Waals surface area (Å²) in [6.45, 7) is 2.94. The molecular formula is C13H16BrN3O2S. The highest BCUT2D eigenvalue weighted by molar-refractivity contribution is 9.10. The molecule has 0 atom stereocenters. The second-order valence-electron chi connectivity index (χ2n) is 4.43. The van der Waals surface area contributed by atoms with Crippen LogP contribution in [0.2, 0.25) is 0 Å². The molecule has 0 saturated carbocycles. The smallest absolute Gasteiger partial charge is 0.240 e. The lowest BCUT2D eigenvalue weighted by Gasteiger charge is -2.08. The van der Waals surface area contributed by atoms with Crippen molar-refractivity contribution in [1.29, 1.82) is 0 Å². The van der Waals surface area contributed by atoms with Crippen molar-refractivity contribution >= 4 is 26.0 Å². The van der Waals surface area contributed by atoms with E-state index in [1.165, 1.54) is 0 Å². The molecule has 0 fully saturated rings. The highest BCUT2D eigenvalue weighted by Gasteiger charge is 2.13. The Morgan fingerprint density at radius 2 is 2.20 bits per heavy atom. The third-order valence-corrected chi connectivity index (χ3v) is 5.20. The first-order valence-corrected chi connectivity index (χ1v) is 8.50. The molecule has 0 saturated heterocycles. The number of nitrogens with one attached hydrogen (secondary N) is 1. The number of halogens is 1. The molecule has 0 amide bonds. The van der Waals surface area contributed by atoms with Gasteiger partial charge in [0.2, 0.25) is 10.0 Å². The van der Waals surface area contributed by atoms with E-state index in [0.717, 1.165) is 10.0 Å². The molecule has 20 heavy (non-hydrogen) atoms. The van der Waals surface area contributed by atoms with Gasteiger partial charge >= 0.3 is 0 Å². The van der Waals surface area contributed by atoms with Crippen LogP contribution in [0.1, 0.15) is 12.0 Å². The van der Waals surface area contributed by atoms with Crippen LogP contribution in [-0.2, 0) is 16.6 Å². The Hall–Kier alpha value is -1.18. The van der Waals surface area contributed by atoms with Crippen LogP contribution >= 0.6 is 15.9 Å². The Bertz CT molecular complexity index is 669. The fourth-order valence-electron chi connectivity index (χ4n) is 1.75. The molecule has 5 nitrogen and oxygen atoms in total. The van der Waals surface area contributed by atoms with Crippen LogP contribution in [0.25, 0.3) is 0 Å². The molecule has 1 aromatic heterocycles. The van der Waals surface area contributed by atoms with E-state index in [4.69, 9.17) is 0 Å². The topological polar surface area (TPSA) is 64.0 Å². The molecule has 0 radical (unpaired) electrons. The first-order chi connectivity index (χ1) is 9.49. The van der Waals surface area contributed by atoms with E-state index >= 15 is 0 Å². The van der Waals surface area contributed by atoms with Gasteiger partial charge in [0.25, 0.3) is 0 Å². The monoisotopic (exact) mass is 357 g/mol. The number of aryl methyl sites for hydroxylation is 2. The quantitative estimate of drug-likeness (QED) is 0.806. The fourth-order valence-corrected chi connectivity index (χ4v) is 3.15. The van der Waals surface area contributed by atoms with E-state index in [0.29, 0.717) is 19.5 Å². The van der Waals surface area contributed by atoms with Gasteiger partial charge in [0, 0.05) is 30.0 Å². The van der Waals surface area contributed by atoms with Crippen LogP contribution in [0.15, 0.2) is 46.0 Å². The average Bonchev–Trinajstić information content (AvgIpc) is 2.91. The van der Waals surface area contributed by atoms with Crippen molar-refractivity contribution in [2.24, 2.45) is 0 Å². The molecule has 0 aliphatic rings. The zero-order chi connectivity index (χ0) is 14.6. The summed E-state index contributed by atoms with van der Waals surface area (Å²) < 4.78 is 29.5. The summed E-state index contributed by atoms with van der Waals surface area (Å²) in [5.74, 6) is 0. The van der Waals surface area contributed by atoms with Crippen molar-refractivity contribution in [3.8, 4) is 0 Å². The Morgan fingerprint density at radius 1 is 1.40 bits per heavy atom. The van der Waals surface area contributed by atoms with E-state index in [1.54, 1.807) is 29.1 Å². The third kappa shape index (κ3) is 3.91. The maximum Gasteiger partial charge on any atom is 0.240 e. The largest absolute Gasteiger partial charge is 0.273 e. The van der Waals surface area contributed by atoms with Crippen molar-refractivity contribution in [3.05, 3.63) is 46.7 Å². The molecule has 7 heteroatoms. The van der Waals surface area contributed by atoms with Crippen molar-refractivity contribution in [2.75, 3.05) is 6.54 Å². The minimum absolute atomic E-state index is 0.289. The van der Waals surface area contributed by atoms with Crippen molar-refractivity contribution in [1.82, 2.24) is 14.5 Å². The molecule has 108 valence electrons. The number of rotatable bonds is 6. The van der Waals surface area contributed by atoms with E-state index in [-0.39, 0.29) is 4.90 Å². The summed E-state index contributed by atoms with van der Waals surface area (Å²) in [6, 6.07) is 6.83. The maximum atomic E-state index is 12.1. The first kappa shape index (κ1) is 15.2. The minimum Gasteiger partial charge on any atom is -0.273 e. The number of hydrogen-bond acceptors (Lipinski definition) is 3. The predicted octanol–water partition coefficient (Wildman–Crippen LogP) is 2.32. The number of hydrogen-bond donors (Lipinski definition) is 1. The van der Waals surface area contributed by atoms with Crippen molar-refractivity contribution < 1.29 is 8.42 Å². The van der Waals surface area contributed by atoms with Gasteiger partial charge in [-0.3, -0.25) is 4.68 Å². The molecule has 1 heterocycles. The molecule has 2 rings (SSSR count). The van der Waals surface area contributed by atoms with Gasteiger partial charge < -0.3 is 0 Å². The van der Waals surface area contributed by atoms with E-state index in [9.17, 15) is 8.42 Å². The fraction of sp³-hybridized carbons (Fsp3) is 0.308. The van der Waals surface area contributed by atoms with Gasteiger partial charge in [0.1, 0.15) is 0 Å². The van der Waals surface area contributed by atoms with E-state index < -0.39 is 10.0 Å². The van der Waals surface area contributed by atoms with Gasteiger partial charge in [-0.2, -0.15) is 5.10 Å². The number of aromatic nitrogens is 2. The van der Waals surface area contributed by atoms with Crippen LogP contribution in [0.3, 0.4) is 0 Å². The van der Waals surface area contributed by atoms with E-state index in [2.05, 4.69) is 25.8 Å². The molecule has 0 unspecified atom stereocenters. The third-order valence-electron chi connectivity index (χ3n) is 2.85. The van der Waals surface area contributed by atoms with Gasteiger partial charge in [-0.05, 0) is 43.2 Å². The van der Waals surface area contributed by atoms with Crippen LogP contribution in [0.5, 0.6) is 0 Å². The molecule has 0 aliphatic heterocycles. The normalized spacial score (nSPS) is 11.7. The lowest BCUT2D eigenvalue weighted by Crippen LogP contribution is -2.25. The molecule has 1 N–H and O–H groups in total. The van der Waals surface area contributed by atoms with Gasteiger partial charge in [-0.25, -0.2) is 13.1 Å².